The third-order valence-corrected chi connectivity index (χ3v) is 11.4. The van der Waals surface area contributed by atoms with E-state index in [1.54, 1.807) is 6.07 Å². The van der Waals surface area contributed by atoms with Gasteiger partial charge in [-0.2, -0.15) is 0 Å². The fraction of sp³-hybridized carbons (Fsp3) is 0.575. The summed E-state index contributed by atoms with van der Waals surface area (Å²) in [6, 6.07) is 14.5. The molecule has 4 atom stereocenters. The Hall–Kier alpha value is -3.92. The maximum Gasteiger partial charge on any atom is 0.408 e. The molecule has 51 heavy (non-hydrogen) atoms. The summed E-state index contributed by atoms with van der Waals surface area (Å²) < 4.78 is 6.02. The molecule has 3 aliphatic carbocycles. The van der Waals surface area contributed by atoms with Crippen molar-refractivity contribution in [3.63, 3.8) is 0 Å². The Labute approximate surface area is 305 Å². The molecular formula is C40H51ClN4O6. The van der Waals surface area contributed by atoms with Crippen LogP contribution in [0.3, 0.4) is 0 Å². The molecule has 11 heteroatoms. The topological polar surface area (TPSA) is 143 Å². The van der Waals surface area contributed by atoms with Gasteiger partial charge < -0.3 is 26.0 Å². The first-order chi connectivity index (χ1) is 24.7. The molecule has 1 heterocycles. The van der Waals surface area contributed by atoms with Crippen molar-refractivity contribution in [1.82, 2.24) is 21.3 Å². The average molecular weight is 719 g/mol. The summed E-state index contributed by atoms with van der Waals surface area (Å²) in [6.45, 7) is 0. The van der Waals surface area contributed by atoms with Gasteiger partial charge in [-0.3, -0.25) is 19.2 Å². The lowest BCUT2D eigenvalue weighted by Gasteiger charge is -2.33. The molecule has 3 unspecified atom stereocenters. The lowest BCUT2D eigenvalue weighted by Crippen LogP contribution is -2.55. The van der Waals surface area contributed by atoms with Crippen LogP contribution in [0.15, 0.2) is 54.6 Å². The van der Waals surface area contributed by atoms with E-state index in [-0.39, 0.29) is 29.8 Å². The van der Waals surface area contributed by atoms with Crippen LogP contribution in [0.1, 0.15) is 114 Å². The van der Waals surface area contributed by atoms with E-state index in [0.29, 0.717) is 24.3 Å². The molecule has 2 aromatic carbocycles. The Balaban J connectivity index is 1.19. The normalized spacial score (nSPS) is 21.9. The molecule has 274 valence electrons. The SMILES string of the molecule is O=C(N[C@@H](CC1CCCCC1)C(=O)NC(CC1CC2(CCCCC2)NC1=O)C(=O)C(=O)NC1CC1)OC(Cc1cccc(Cl)c1)c1ccccc1. The molecule has 1 aliphatic heterocycles. The van der Waals surface area contributed by atoms with E-state index < -0.39 is 47.8 Å². The lowest BCUT2D eigenvalue weighted by molar-refractivity contribution is -0.141. The Morgan fingerprint density at radius 2 is 1.57 bits per heavy atom. The van der Waals surface area contributed by atoms with Gasteiger partial charge >= 0.3 is 6.09 Å². The lowest BCUT2D eigenvalue weighted by atomic mass is 9.78. The van der Waals surface area contributed by atoms with Gasteiger partial charge in [0.2, 0.25) is 17.6 Å². The molecule has 2 aromatic rings. The highest BCUT2D eigenvalue weighted by Crippen LogP contribution is 2.39. The van der Waals surface area contributed by atoms with Crippen LogP contribution in [-0.4, -0.2) is 53.3 Å². The fourth-order valence-corrected chi connectivity index (χ4v) is 8.44. The van der Waals surface area contributed by atoms with Gasteiger partial charge in [0, 0.05) is 28.9 Å². The summed E-state index contributed by atoms with van der Waals surface area (Å²) in [7, 11) is 0. The van der Waals surface area contributed by atoms with E-state index in [1.807, 2.05) is 48.5 Å². The number of carbonyl (C=O) groups excluding carboxylic acids is 5. The number of Topliss-reactive ketones (excluding diaryl/α,β-unsaturated/α-hetero) is 1. The zero-order valence-corrected chi connectivity index (χ0v) is 30.1. The maximum atomic E-state index is 14.2. The van der Waals surface area contributed by atoms with Crippen molar-refractivity contribution in [2.45, 2.75) is 133 Å². The number of nitrogens with one attached hydrogen (secondary N) is 4. The third-order valence-electron chi connectivity index (χ3n) is 11.1. The second-order valence-electron chi connectivity index (χ2n) is 15.2. The molecule has 0 aromatic heterocycles. The molecule has 4 fully saturated rings. The number of alkyl carbamates (subject to hydrolysis) is 1. The smallest absolute Gasteiger partial charge is 0.408 e. The number of carbonyl (C=O) groups is 5. The molecule has 4 aliphatic rings. The van der Waals surface area contributed by atoms with Gasteiger partial charge in [0.05, 0.1) is 6.04 Å². The number of ether oxygens (including phenoxy) is 1. The first kappa shape index (κ1) is 36.9. The van der Waals surface area contributed by atoms with Crippen LogP contribution in [0.2, 0.25) is 5.02 Å². The fourth-order valence-electron chi connectivity index (χ4n) is 8.22. The van der Waals surface area contributed by atoms with E-state index in [0.717, 1.165) is 88.2 Å². The zero-order valence-electron chi connectivity index (χ0n) is 29.3. The van der Waals surface area contributed by atoms with Crippen molar-refractivity contribution in [3.8, 4) is 0 Å². The molecule has 6 rings (SSSR count). The van der Waals surface area contributed by atoms with Crippen molar-refractivity contribution < 1.29 is 28.7 Å². The van der Waals surface area contributed by atoms with Gasteiger partial charge in [-0.25, -0.2) is 4.79 Å². The van der Waals surface area contributed by atoms with Crippen LogP contribution < -0.4 is 21.3 Å². The molecular weight excluding hydrogens is 668 g/mol. The summed E-state index contributed by atoms with van der Waals surface area (Å²) in [5, 5.41) is 12.2. The van der Waals surface area contributed by atoms with Crippen LogP contribution in [0.5, 0.6) is 0 Å². The molecule has 4 N–H and O–H groups in total. The largest absolute Gasteiger partial charge is 0.441 e. The summed E-state index contributed by atoms with van der Waals surface area (Å²) >= 11 is 6.25. The van der Waals surface area contributed by atoms with Crippen LogP contribution >= 0.6 is 11.6 Å². The zero-order chi connectivity index (χ0) is 35.8. The summed E-state index contributed by atoms with van der Waals surface area (Å²) in [6.07, 6.45) is 11.6. The van der Waals surface area contributed by atoms with Crippen molar-refractivity contribution >= 4 is 41.2 Å². The number of hydrogen-bond acceptors (Lipinski definition) is 6. The van der Waals surface area contributed by atoms with Gasteiger partial charge in [0.1, 0.15) is 12.1 Å². The Kier molecular flexibility index (Phi) is 12.3. The molecule has 10 nitrogen and oxygen atoms in total. The van der Waals surface area contributed by atoms with Crippen molar-refractivity contribution in [2.75, 3.05) is 0 Å². The van der Waals surface area contributed by atoms with Crippen LogP contribution in [-0.2, 0) is 30.3 Å². The highest BCUT2D eigenvalue weighted by Gasteiger charge is 2.46. The third kappa shape index (κ3) is 10.3. The Morgan fingerprint density at radius 3 is 2.27 bits per heavy atom. The average Bonchev–Trinajstić information content (AvgIpc) is 3.90. The molecule has 4 amide bonds. The molecule has 1 spiro atoms. The second kappa shape index (κ2) is 17.1. The van der Waals surface area contributed by atoms with E-state index in [2.05, 4.69) is 21.3 Å². The van der Waals surface area contributed by atoms with Crippen LogP contribution in [0.25, 0.3) is 0 Å². The van der Waals surface area contributed by atoms with Crippen LogP contribution in [0.4, 0.5) is 4.79 Å². The van der Waals surface area contributed by atoms with Crippen molar-refractivity contribution in [2.24, 2.45) is 11.8 Å². The Bertz CT molecular complexity index is 1550. The second-order valence-corrected chi connectivity index (χ2v) is 15.7. The first-order valence-electron chi connectivity index (χ1n) is 18.9. The van der Waals surface area contributed by atoms with Gasteiger partial charge in [0.25, 0.3) is 5.91 Å². The van der Waals surface area contributed by atoms with Gasteiger partial charge in [0.15, 0.2) is 0 Å². The summed E-state index contributed by atoms with van der Waals surface area (Å²) in [5.74, 6) is -2.54. The van der Waals surface area contributed by atoms with E-state index in [4.69, 9.17) is 16.3 Å². The molecule has 0 radical (unpaired) electrons. The standard InChI is InChI=1S/C40H51ClN4O6/c41-30-16-10-13-27(21-30)23-34(28-14-6-2-7-15-28)51-39(50)44-33(22-26-11-4-1-5-12-26)37(48)43-32(35(46)38(49)42-31-17-18-31)24-29-25-40(45-36(29)47)19-8-3-9-20-40/h2,6-7,10,13-16,21,26,29,31-34H,1,3-5,8-9,11-12,17-20,22-25H2,(H,42,49)(H,43,48)(H,44,50)(H,45,47)/t29?,32?,33-,34?/m0/s1. The first-order valence-corrected chi connectivity index (χ1v) is 19.3. The minimum Gasteiger partial charge on any atom is -0.441 e. The van der Waals surface area contributed by atoms with Gasteiger partial charge in [-0.05, 0) is 74.1 Å². The predicted octanol–water partition coefficient (Wildman–Crippen LogP) is 6.25. The minimum atomic E-state index is -1.21. The number of hydrogen-bond donors (Lipinski definition) is 4. The van der Waals surface area contributed by atoms with E-state index in [1.165, 1.54) is 0 Å². The summed E-state index contributed by atoms with van der Waals surface area (Å²) in [4.78, 5) is 67.8. The molecule has 0 bridgehead atoms. The number of rotatable bonds is 14. The highest BCUT2D eigenvalue weighted by molar-refractivity contribution is 6.38. The van der Waals surface area contributed by atoms with Crippen molar-refractivity contribution in [3.05, 3.63) is 70.7 Å². The summed E-state index contributed by atoms with van der Waals surface area (Å²) in [5.41, 5.74) is 1.39. The van der Waals surface area contributed by atoms with E-state index in [9.17, 15) is 24.0 Å². The predicted molar refractivity (Wildman–Crippen MR) is 194 cm³/mol. The number of benzene rings is 2. The maximum absolute atomic E-state index is 14.2. The number of ketones is 1. The van der Waals surface area contributed by atoms with Gasteiger partial charge in [-0.1, -0.05) is 105 Å². The highest BCUT2D eigenvalue weighted by atomic mass is 35.5. The van der Waals surface area contributed by atoms with Crippen molar-refractivity contribution in [1.29, 1.82) is 0 Å². The molecule has 3 saturated carbocycles. The van der Waals surface area contributed by atoms with Crippen LogP contribution in [0, 0.1) is 11.8 Å². The monoisotopic (exact) mass is 718 g/mol. The number of halogens is 1. The number of amides is 4. The minimum absolute atomic E-state index is 0.0204. The Morgan fingerprint density at radius 1 is 0.843 bits per heavy atom. The van der Waals surface area contributed by atoms with E-state index >= 15 is 0 Å². The quantitative estimate of drug-likeness (QED) is 0.170. The molecule has 1 saturated heterocycles. The van der Waals surface area contributed by atoms with Gasteiger partial charge in [-0.15, -0.1) is 0 Å².